The van der Waals surface area contributed by atoms with Crippen LogP contribution in [0.25, 0.3) is 0 Å². The topological polar surface area (TPSA) is 47.7 Å². The van der Waals surface area contributed by atoms with Crippen LogP contribution in [0.2, 0.25) is 5.02 Å². The highest BCUT2D eigenvalue weighted by Gasteiger charge is 2.14. The van der Waals surface area contributed by atoms with E-state index in [1.165, 1.54) is 5.56 Å². The fourth-order valence-corrected chi connectivity index (χ4v) is 2.44. The Labute approximate surface area is 124 Å². The van der Waals surface area contributed by atoms with Gasteiger partial charge < -0.3 is 5.32 Å². The fraction of sp³-hybridized carbons (Fsp3) is 0.571. The molecule has 0 amide bonds. The summed E-state index contributed by atoms with van der Waals surface area (Å²) in [5, 5.41) is 13.1. The largest absolute Gasteiger partial charge is 0.313 e. The van der Waals surface area contributed by atoms with Crippen molar-refractivity contribution < 1.29 is 0 Å². The van der Waals surface area contributed by atoms with Gasteiger partial charge in [-0.1, -0.05) is 18.5 Å². The summed E-state index contributed by atoms with van der Waals surface area (Å²) >= 11 is 6.34. The standard InChI is InChI=1S/C14H22ClN5/c1-5-16-7-12-8-19(17-10(12)3)9-13-14(15)11(4)18-20(13)6-2/h8,16H,5-7,9H2,1-4H3. The molecule has 0 spiro atoms. The van der Waals surface area contributed by atoms with E-state index in [0.29, 0.717) is 6.54 Å². The van der Waals surface area contributed by atoms with Crippen LogP contribution < -0.4 is 5.32 Å². The van der Waals surface area contributed by atoms with Crippen molar-refractivity contribution in [2.24, 2.45) is 0 Å². The summed E-state index contributed by atoms with van der Waals surface area (Å²) in [6.45, 7) is 11.4. The molecule has 0 unspecified atom stereocenters. The number of rotatable bonds is 6. The number of aromatic nitrogens is 4. The fourth-order valence-electron chi connectivity index (χ4n) is 2.25. The van der Waals surface area contributed by atoms with Gasteiger partial charge >= 0.3 is 0 Å². The van der Waals surface area contributed by atoms with Crippen molar-refractivity contribution in [1.29, 1.82) is 0 Å². The van der Waals surface area contributed by atoms with E-state index in [0.717, 1.165) is 41.7 Å². The van der Waals surface area contributed by atoms with Gasteiger partial charge in [-0.3, -0.25) is 9.36 Å². The quantitative estimate of drug-likeness (QED) is 0.891. The van der Waals surface area contributed by atoms with Crippen molar-refractivity contribution in [3.63, 3.8) is 0 Å². The monoisotopic (exact) mass is 295 g/mol. The highest BCUT2D eigenvalue weighted by atomic mass is 35.5. The van der Waals surface area contributed by atoms with Gasteiger partial charge in [-0.05, 0) is 27.3 Å². The third-order valence-corrected chi connectivity index (χ3v) is 3.87. The van der Waals surface area contributed by atoms with Crippen LogP contribution in [0.4, 0.5) is 0 Å². The normalized spacial score (nSPS) is 11.2. The molecule has 0 atom stereocenters. The molecular weight excluding hydrogens is 274 g/mol. The number of halogens is 1. The van der Waals surface area contributed by atoms with E-state index in [2.05, 4.69) is 35.6 Å². The summed E-state index contributed by atoms with van der Waals surface area (Å²) in [6, 6.07) is 0. The first-order chi connectivity index (χ1) is 9.56. The molecule has 0 bridgehead atoms. The van der Waals surface area contributed by atoms with Gasteiger partial charge in [-0.15, -0.1) is 0 Å². The van der Waals surface area contributed by atoms with Gasteiger partial charge in [0.2, 0.25) is 0 Å². The minimum absolute atomic E-state index is 0.653. The zero-order chi connectivity index (χ0) is 14.7. The summed E-state index contributed by atoms with van der Waals surface area (Å²) in [7, 11) is 0. The van der Waals surface area contributed by atoms with Gasteiger partial charge in [0.25, 0.3) is 0 Å². The summed E-state index contributed by atoms with van der Waals surface area (Å²) in [6.07, 6.45) is 2.08. The van der Waals surface area contributed by atoms with Crippen molar-refractivity contribution in [2.75, 3.05) is 6.54 Å². The average molecular weight is 296 g/mol. The molecule has 6 heteroatoms. The minimum Gasteiger partial charge on any atom is -0.313 e. The predicted molar refractivity (Wildman–Crippen MR) is 81.1 cm³/mol. The first kappa shape index (κ1) is 15.1. The van der Waals surface area contributed by atoms with Crippen LogP contribution in [0.3, 0.4) is 0 Å². The van der Waals surface area contributed by atoms with E-state index < -0.39 is 0 Å². The molecule has 1 N–H and O–H groups in total. The van der Waals surface area contributed by atoms with Crippen molar-refractivity contribution in [3.8, 4) is 0 Å². The Hall–Kier alpha value is -1.33. The van der Waals surface area contributed by atoms with Gasteiger partial charge in [0.1, 0.15) is 0 Å². The van der Waals surface area contributed by atoms with Gasteiger partial charge in [0, 0.05) is 24.8 Å². The number of hydrogen-bond acceptors (Lipinski definition) is 3. The molecule has 2 rings (SSSR count). The molecular formula is C14H22ClN5. The molecule has 0 fully saturated rings. The molecule has 2 aromatic rings. The molecule has 2 aromatic heterocycles. The smallest absolute Gasteiger partial charge is 0.0866 e. The maximum atomic E-state index is 6.34. The summed E-state index contributed by atoms with van der Waals surface area (Å²) in [5.41, 5.74) is 4.17. The lowest BCUT2D eigenvalue weighted by atomic mass is 10.2. The highest BCUT2D eigenvalue weighted by molar-refractivity contribution is 6.31. The van der Waals surface area contributed by atoms with Crippen LogP contribution in [0.5, 0.6) is 0 Å². The molecule has 0 aliphatic rings. The Balaban J connectivity index is 2.22. The molecule has 20 heavy (non-hydrogen) atoms. The third kappa shape index (κ3) is 3.04. The molecule has 5 nitrogen and oxygen atoms in total. The average Bonchev–Trinajstić information content (AvgIpc) is 2.91. The first-order valence-electron chi connectivity index (χ1n) is 7.02. The lowest BCUT2D eigenvalue weighted by molar-refractivity contribution is 0.573. The minimum atomic E-state index is 0.653. The summed E-state index contributed by atoms with van der Waals surface area (Å²) < 4.78 is 3.88. The van der Waals surface area contributed by atoms with Gasteiger partial charge in [-0.25, -0.2) is 0 Å². The second-order valence-corrected chi connectivity index (χ2v) is 5.26. The summed E-state index contributed by atoms with van der Waals surface area (Å²) in [5.74, 6) is 0. The van der Waals surface area contributed by atoms with Gasteiger partial charge in [0.15, 0.2) is 0 Å². The van der Waals surface area contributed by atoms with Crippen LogP contribution in [0.1, 0.15) is 36.5 Å². The Morgan fingerprint density at radius 2 is 1.95 bits per heavy atom. The van der Waals surface area contributed by atoms with Gasteiger partial charge in [-0.2, -0.15) is 10.2 Å². The van der Waals surface area contributed by atoms with E-state index >= 15 is 0 Å². The van der Waals surface area contributed by atoms with Crippen molar-refractivity contribution in [3.05, 3.63) is 33.9 Å². The molecule has 0 saturated heterocycles. The number of hydrogen-bond donors (Lipinski definition) is 1. The lowest BCUT2D eigenvalue weighted by Gasteiger charge is -2.05. The van der Waals surface area contributed by atoms with E-state index in [9.17, 15) is 0 Å². The van der Waals surface area contributed by atoms with E-state index in [1.54, 1.807) is 0 Å². The van der Waals surface area contributed by atoms with Crippen LogP contribution in [0.15, 0.2) is 6.20 Å². The van der Waals surface area contributed by atoms with E-state index in [-0.39, 0.29) is 0 Å². The van der Waals surface area contributed by atoms with Crippen molar-refractivity contribution >= 4 is 11.6 Å². The predicted octanol–water partition coefficient (Wildman–Crippen LogP) is 2.53. The maximum Gasteiger partial charge on any atom is 0.0866 e. The molecule has 0 aliphatic carbocycles. The lowest BCUT2D eigenvalue weighted by Crippen LogP contribution is -2.12. The van der Waals surface area contributed by atoms with Crippen LogP contribution >= 0.6 is 11.6 Å². The number of aryl methyl sites for hydroxylation is 3. The first-order valence-corrected chi connectivity index (χ1v) is 7.40. The summed E-state index contributed by atoms with van der Waals surface area (Å²) in [4.78, 5) is 0. The number of nitrogens with zero attached hydrogens (tertiary/aromatic N) is 4. The molecule has 0 aliphatic heterocycles. The molecule has 0 radical (unpaired) electrons. The third-order valence-electron chi connectivity index (χ3n) is 3.38. The van der Waals surface area contributed by atoms with Crippen LogP contribution in [-0.2, 0) is 19.6 Å². The molecule has 2 heterocycles. The molecule has 110 valence electrons. The second-order valence-electron chi connectivity index (χ2n) is 4.88. The number of nitrogens with one attached hydrogen (secondary N) is 1. The Kier molecular flexibility index (Phi) is 4.83. The van der Waals surface area contributed by atoms with E-state index in [1.807, 2.05) is 23.2 Å². The SMILES string of the molecule is CCNCc1cn(Cc2c(Cl)c(C)nn2CC)nc1C. The van der Waals surface area contributed by atoms with Crippen LogP contribution in [0, 0.1) is 13.8 Å². The molecule has 0 saturated carbocycles. The van der Waals surface area contributed by atoms with Gasteiger partial charge in [0.05, 0.1) is 28.6 Å². The Bertz CT molecular complexity index is 585. The molecule has 0 aromatic carbocycles. The maximum absolute atomic E-state index is 6.34. The highest BCUT2D eigenvalue weighted by Crippen LogP contribution is 2.21. The van der Waals surface area contributed by atoms with E-state index in [4.69, 9.17) is 11.6 Å². The Morgan fingerprint density at radius 1 is 1.20 bits per heavy atom. The van der Waals surface area contributed by atoms with Crippen LogP contribution in [-0.4, -0.2) is 26.1 Å². The van der Waals surface area contributed by atoms with Crippen molar-refractivity contribution in [2.45, 2.75) is 47.3 Å². The zero-order valence-corrected chi connectivity index (χ0v) is 13.3. The van der Waals surface area contributed by atoms with Crippen molar-refractivity contribution in [1.82, 2.24) is 24.9 Å². The Morgan fingerprint density at radius 3 is 2.60 bits per heavy atom. The second kappa shape index (κ2) is 6.41. The zero-order valence-electron chi connectivity index (χ0n) is 12.6.